The van der Waals surface area contributed by atoms with Crippen LogP contribution in [0.3, 0.4) is 0 Å². The Morgan fingerprint density at radius 1 is 1.00 bits per heavy atom. The van der Waals surface area contributed by atoms with Crippen molar-refractivity contribution < 1.29 is 9.59 Å². The highest BCUT2D eigenvalue weighted by Crippen LogP contribution is 2.14. The molecular weight excluding hydrogens is 380 g/mol. The van der Waals surface area contributed by atoms with E-state index >= 15 is 0 Å². The van der Waals surface area contributed by atoms with Crippen molar-refractivity contribution in [3.8, 4) is 0 Å². The molecule has 2 heterocycles. The molecule has 2 aromatic heterocycles. The number of anilines is 3. The number of rotatable bonds is 5. The van der Waals surface area contributed by atoms with Gasteiger partial charge in [0.2, 0.25) is 0 Å². The number of aldehydes is 2. The summed E-state index contributed by atoms with van der Waals surface area (Å²) in [5.41, 5.74) is 10.3. The summed E-state index contributed by atoms with van der Waals surface area (Å²) in [5, 5.41) is 6.01. The number of allylic oxidation sites excluding steroid dienone is 1. The van der Waals surface area contributed by atoms with Crippen LogP contribution < -0.4 is 16.4 Å². The predicted molar refractivity (Wildman–Crippen MR) is 124 cm³/mol. The van der Waals surface area contributed by atoms with Gasteiger partial charge in [-0.3, -0.25) is 9.59 Å². The third-order valence-corrected chi connectivity index (χ3v) is 4.16. The summed E-state index contributed by atoms with van der Waals surface area (Å²) in [6.45, 7) is 5.87. The summed E-state index contributed by atoms with van der Waals surface area (Å²) in [6.07, 6.45) is 4.95. The SMILES string of the molecule is C=C(C)c1ccc(NC)cc1.CNc1cc(C=O)n(C)c1.Cn1cc(N)nc1C=O. The summed E-state index contributed by atoms with van der Waals surface area (Å²) in [4.78, 5) is 24.1. The molecule has 30 heavy (non-hydrogen) atoms. The summed E-state index contributed by atoms with van der Waals surface area (Å²) in [7, 11) is 7.29. The Hall–Kier alpha value is -3.81. The van der Waals surface area contributed by atoms with E-state index in [-0.39, 0.29) is 0 Å². The van der Waals surface area contributed by atoms with E-state index in [0.717, 1.165) is 23.2 Å². The highest BCUT2D eigenvalue weighted by molar-refractivity contribution is 5.75. The van der Waals surface area contributed by atoms with E-state index in [4.69, 9.17) is 5.73 Å². The molecule has 4 N–H and O–H groups in total. The zero-order chi connectivity index (χ0) is 22.7. The fraction of sp³-hybridized carbons (Fsp3) is 0.227. The van der Waals surface area contributed by atoms with Gasteiger partial charge in [-0.25, -0.2) is 4.98 Å². The first-order valence-corrected chi connectivity index (χ1v) is 9.22. The second-order valence-corrected chi connectivity index (χ2v) is 6.49. The van der Waals surface area contributed by atoms with Crippen LogP contribution in [0.4, 0.5) is 17.2 Å². The molecule has 0 aliphatic carbocycles. The Labute approximate surface area is 177 Å². The van der Waals surface area contributed by atoms with E-state index in [1.165, 1.54) is 5.56 Å². The molecule has 0 spiro atoms. The molecule has 1 aromatic carbocycles. The van der Waals surface area contributed by atoms with Gasteiger partial charge < -0.3 is 25.5 Å². The number of imidazole rings is 1. The number of carbonyl (C=O) groups excluding carboxylic acids is 2. The number of nitrogens with zero attached hydrogens (tertiary/aromatic N) is 3. The summed E-state index contributed by atoms with van der Waals surface area (Å²) >= 11 is 0. The maximum atomic E-state index is 10.3. The van der Waals surface area contributed by atoms with Crippen molar-refractivity contribution in [3.05, 3.63) is 66.4 Å². The standard InChI is InChI=1S/C10H13N.C7H10N2O.C5H7N3O/c1-8(2)9-4-6-10(11-3)7-5-9;1-8-6-3-7(5-10)9(2)4-6;1-8-2-4(6)7-5(8)3-9/h4-7,11H,1H2,2-3H3;3-5,8H,1-2H3;2-3H,6H2,1H3. The van der Waals surface area contributed by atoms with Crippen molar-refractivity contribution in [2.75, 3.05) is 30.5 Å². The minimum Gasteiger partial charge on any atom is -0.388 e. The van der Waals surface area contributed by atoms with Crippen molar-refractivity contribution in [1.82, 2.24) is 14.1 Å². The second kappa shape index (κ2) is 11.9. The van der Waals surface area contributed by atoms with Crippen LogP contribution in [0.2, 0.25) is 0 Å². The number of nitrogens with one attached hydrogen (secondary N) is 2. The average molecular weight is 411 g/mol. The van der Waals surface area contributed by atoms with Crippen LogP contribution in [0.1, 0.15) is 33.6 Å². The van der Waals surface area contributed by atoms with Crippen molar-refractivity contribution in [2.24, 2.45) is 14.1 Å². The number of aromatic nitrogens is 3. The molecule has 0 saturated carbocycles. The van der Waals surface area contributed by atoms with Crippen molar-refractivity contribution >= 4 is 35.3 Å². The zero-order valence-electron chi connectivity index (χ0n) is 18.1. The van der Waals surface area contributed by atoms with Crippen LogP contribution in [0, 0.1) is 0 Å². The summed E-state index contributed by atoms with van der Waals surface area (Å²) in [6, 6.07) is 10.0. The first kappa shape index (κ1) is 24.2. The molecule has 0 atom stereocenters. The third kappa shape index (κ3) is 7.31. The zero-order valence-corrected chi connectivity index (χ0v) is 18.1. The van der Waals surface area contributed by atoms with Gasteiger partial charge >= 0.3 is 0 Å². The van der Waals surface area contributed by atoms with Crippen molar-refractivity contribution in [2.45, 2.75) is 6.92 Å². The average Bonchev–Trinajstić information content (AvgIpc) is 3.28. The minimum atomic E-state index is 0.354. The Morgan fingerprint density at radius 2 is 1.60 bits per heavy atom. The normalized spacial score (nSPS) is 9.37. The van der Waals surface area contributed by atoms with Crippen LogP contribution in [0.25, 0.3) is 5.57 Å². The first-order chi connectivity index (χ1) is 14.2. The quantitative estimate of drug-likeness (QED) is 0.556. The van der Waals surface area contributed by atoms with Crippen LogP contribution in [-0.2, 0) is 14.1 Å². The molecule has 3 aromatic rings. The van der Waals surface area contributed by atoms with Crippen molar-refractivity contribution in [3.63, 3.8) is 0 Å². The lowest BCUT2D eigenvalue weighted by Gasteiger charge is -2.01. The number of carbonyl (C=O) groups is 2. The molecule has 3 rings (SSSR count). The predicted octanol–water partition coefficient (Wildman–Crippen LogP) is 3.46. The van der Waals surface area contributed by atoms with Gasteiger partial charge in [-0.1, -0.05) is 24.3 Å². The molecule has 0 aliphatic rings. The fourth-order valence-corrected chi connectivity index (χ4v) is 2.37. The van der Waals surface area contributed by atoms with Gasteiger partial charge in [-0.2, -0.15) is 0 Å². The molecular formula is C22H30N6O2. The van der Waals surface area contributed by atoms with Crippen LogP contribution in [0.15, 0.2) is 49.3 Å². The Balaban J connectivity index is 0.000000226. The van der Waals surface area contributed by atoms with E-state index in [1.54, 1.807) is 28.4 Å². The number of hydrogen-bond acceptors (Lipinski definition) is 6. The van der Waals surface area contributed by atoms with Crippen LogP contribution in [0.5, 0.6) is 0 Å². The molecule has 0 radical (unpaired) electrons. The van der Waals surface area contributed by atoms with Gasteiger partial charge in [0.25, 0.3) is 0 Å². The lowest BCUT2D eigenvalue weighted by molar-refractivity contribution is 0.110. The third-order valence-electron chi connectivity index (χ3n) is 4.16. The highest BCUT2D eigenvalue weighted by Gasteiger charge is 1.98. The molecule has 160 valence electrons. The number of benzene rings is 1. The number of nitrogens with two attached hydrogens (primary N) is 1. The summed E-state index contributed by atoms with van der Waals surface area (Å²) in [5.74, 6) is 0.729. The number of hydrogen-bond donors (Lipinski definition) is 3. The summed E-state index contributed by atoms with van der Waals surface area (Å²) < 4.78 is 3.35. The topological polar surface area (TPSA) is 107 Å². The molecule has 0 amide bonds. The molecule has 0 aliphatic heterocycles. The monoisotopic (exact) mass is 410 g/mol. The highest BCUT2D eigenvalue weighted by atomic mass is 16.1. The van der Waals surface area contributed by atoms with Crippen LogP contribution >= 0.6 is 0 Å². The van der Waals surface area contributed by atoms with Gasteiger partial charge in [0.1, 0.15) is 5.82 Å². The van der Waals surface area contributed by atoms with Gasteiger partial charge in [0.05, 0.1) is 11.4 Å². The number of aryl methyl sites for hydroxylation is 2. The lowest BCUT2D eigenvalue weighted by Crippen LogP contribution is -1.92. The minimum absolute atomic E-state index is 0.354. The molecule has 0 saturated heterocycles. The molecule has 8 heteroatoms. The molecule has 0 unspecified atom stereocenters. The van der Waals surface area contributed by atoms with Gasteiger partial charge in [0.15, 0.2) is 18.4 Å². The maximum absolute atomic E-state index is 10.3. The van der Waals surface area contributed by atoms with E-state index in [2.05, 4.69) is 34.3 Å². The first-order valence-electron chi connectivity index (χ1n) is 9.22. The molecule has 8 nitrogen and oxygen atoms in total. The van der Waals surface area contributed by atoms with Gasteiger partial charge in [-0.05, 0) is 30.7 Å². The largest absolute Gasteiger partial charge is 0.388 e. The molecule has 0 bridgehead atoms. The van der Waals surface area contributed by atoms with Gasteiger partial charge in [0, 0.05) is 46.3 Å². The second-order valence-electron chi connectivity index (χ2n) is 6.49. The number of nitrogen functional groups attached to an aromatic ring is 1. The van der Waals surface area contributed by atoms with Crippen molar-refractivity contribution in [1.29, 1.82) is 0 Å². The Kier molecular flexibility index (Phi) is 9.61. The van der Waals surface area contributed by atoms with E-state index in [1.807, 2.05) is 46.4 Å². The van der Waals surface area contributed by atoms with Gasteiger partial charge in [-0.15, -0.1) is 0 Å². The Morgan fingerprint density at radius 3 is 1.90 bits per heavy atom. The smallest absolute Gasteiger partial charge is 0.185 e. The van der Waals surface area contributed by atoms with Crippen LogP contribution in [-0.4, -0.2) is 40.8 Å². The van der Waals surface area contributed by atoms with E-state index in [0.29, 0.717) is 23.6 Å². The molecule has 0 fully saturated rings. The van der Waals surface area contributed by atoms with E-state index in [9.17, 15) is 9.59 Å². The maximum Gasteiger partial charge on any atom is 0.185 e. The fourth-order valence-electron chi connectivity index (χ4n) is 2.37. The Bertz CT molecular complexity index is 970. The van der Waals surface area contributed by atoms with E-state index < -0.39 is 0 Å². The lowest BCUT2D eigenvalue weighted by atomic mass is 10.1.